The normalized spacial score (nSPS) is 10.3. The summed E-state index contributed by atoms with van der Waals surface area (Å²) < 4.78 is 5.42. The summed E-state index contributed by atoms with van der Waals surface area (Å²) in [5, 5.41) is 0. The predicted octanol–water partition coefficient (Wildman–Crippen LogP) is 3.87. The van der Waals surface area contributed by atoms with Crippen LogP contribution >= 0.6 is 11.8 Å². The van der Waals surface area contributed by atoms with Gasteiger partial charge in [-0.05, 0) is 24.0 Å². The van der Waals surface area contributed by atoms with Crippen molar-refractivity contribution in [1.82, 2.24) is 0 Å². The van der Waals surface area contributed by atoms with E-state index in [1.165, 1.54) is 4.90 Å². The van der Waals surface area contributed by atoms with Crippen LogP contribution in [0.1, 0.15) is 17.5 Å². The number of hydrogen-bond donors (Lipinski definition) is 0. The van der Waals surface area contributed by atoms with Gasteiger partial charge in [-0.2, -0.15) is 0 Å². The third-order valence-electron chi connectivity index (χ3n) is 2.20. The first-order valence-electron chi connectivity index (χ1n) is 5.12. The summed E-state index contributed by atoms with van der Waals surface area (Å²) >= 11 is 1.77. The van der Waals surface area contributed by atoms with E-state index in [2.05, 4.69) is 13.0 Å². The average molecular weight is 232 g/mol. The molecule has 0 amide bonds. The summed E-state index contributed by atoms with van der Waals surface area (Å²) in [7, 11) is 0. The van der Waals surface area contributed by atoms with Crippen molar-refractivity contribution >= 4 is 18.0 Å². The molecule has 0 atom stereocenters. The largest absolute Gasteiger partial charge is 0.453 e. The van der Waals surface area contributed by atoms with Crippen LogP contribution in [-0.2, 0) is 0 Å². The van der Waals surface area contributed by atoms with Gasteiger partial charge in [0.15, 0.2) is 12.0 Å². The highest BCUT2D eigenvalue weighted by atomic mass is 32.2. The molecular weight excluding hydrogens is 220 g/mol. The first kappa shape index (κ1) is 11.0. The molecular formula is C13H12O2S. The molecule has 0 fully saturated rings. The van der Waals surface area contributed by atoms with E-state index in [0.717, 1.165) is 23.4 Å². The zero-order chi connectivity index (χ0) is 11.4. The van der Waals surface area contributed by atoms with Crippen LogP contribution in [0, 0.1) is 0 Å². The maximum atomic E-state index is 10.6. The third kappa shape index (κ3) is 2.19. The Labute approximate surface area is 98.7 Å². The average Bonchev–Trinajstić information content (AvgIpc) is 2.79. The molecule has 2 aromatic rings. The minimum absolute atomic E-state index is 0.367. The van der Waals surface area contributed by atoms with Crippen LogP contribution in [0.5, 0.6) is 0 Å². The lowest BCUT2D eigenvalue weighted by Gasteiger charge is -2.04. The molecule has 2 rings (SSSR count). The number of carbonyl (C=O) groups is 1. The summed E-state index contributed by atoms with van der Waals surface area (Å²) in [5.74, 6) is 2.13. The fourth-order valence-corrected chi connectivity index (χ4v) is 2.32. The van der Waals surface area contributed by atoms with Gasteiger partial charge in [-0.3, -0.25) is 4.79 Å². The number of hydrogen-bond acceptors (Lipinski definition) is 3. The Morgan fingerprint density at radius 3 is 2.75 bits per heavy atom. The second kappa shape index (κ2) is 5.03. The third-order valence-corrected chi connectivity index (χ3v) is 3.15. The van der Waals surface area contributed by atoms with Crippen molar-refractivity contribution < 1.29 is 9.21 Å². The second-order valence-corrected chi connectivity index (χ2v) is 4.55. The Hall–Kier alpha value is -1.48. The lowest BCUT2D eigenvalue weighted by Crippen LogP contribution is -1.80. The van der Waals surface area contributed by atoms with Gasteiger partial charge >= 0.3 is 0 Å². The van der Waals surface area contributed by atoms with E-state index in [1.54, 1.807) is 17.8 Å². The Bertz CT molecular complexity index is 488. The molecule has 2 nitrogen and oxygen atoms in total. The SMILES string of the molecule is CCSc1ccccc1-c1ccc(C=O)o1. The van der Waals surface area contributed by atoms with Gasteiger partial charge in [-0.1, -0.05) is 25.1 Å². The Balaban J connectivity index is 2.42. The molecule has 0 saturated carbocycles. The molecule has 1 heterocycles. The number of aldehydes is 1. The van der Waals surface area contributed by atoms with Gasteiger partial charge in [0.05, 0.1) is 0 Å². The van der Waals surface area contributed by atoms with Crippen molar-refractivity contribution in [2.24, 2.45) is 0 Å². The van der Waals surface area contributed by atoms with Crippen molar-refractivity contribution in [2.75, 3.05) is 5.75 Å². The zero-order valence-corrected chi connectivity index (χ0v) is 9.79. The van der Waals surface area contributed by atoms with E-state index in [-0.39, 0.29) is 0 Å². The number of rotatable bonds is 4. The summed E-state index contributed by atoms with van der Waals surface area (Å²) in [4.78, 5) is 11.7. The molecule has 16 heavy (non-hydrogen) atoms. The molecule has 0 aliphatic carbocycles. The first-order valence-corrected chi connectivity index (χ1v) is 6.11. The van der Waals surface area contributed by atoms with Crippen LogP contribution in [0.15, 0.2) is 45.7 Å². The van der Waals surface area contributed by atoms with E-state index in [4.69, 9.17) is 4.42 Å². The highest BCUT2D eigenvalue weighted by Crippen LogP contribution is 2.31. The summed E-state index contributed by atoms with van der Waals surface area (Å²) in [6.07, 6.45) is 0.721. The van der Waals surface area contributed by atoms with Crippen LogP contribution in [0.3, 0.4) is 0 Å². The highest BCUT2D eigenvalue weighted by Gasteiger charge is 2.08. The monoisotopic (exact) mass is 232 g/mol. The van der Waals surface area contributed by atoms with Crippen LogP contribution in [0.25, 0.3) is 11.3 Å². The minimum Gasteiger partial charge on any atom is -0.453 e. The molecule has 3 heteroatoms. The molecule has 0 unspecified atom stereocenters. The smallest absolute Gasteiger partial charge is 0.185 e. The Morgan fingerprint density at radius 2 is 2.06 bits per heavy atom. The molecule has 0 radical (unpaired) electrons. The number of furan rings is 1. The van der Waals surface area contributed by atoms with Gasteiger partial charge in [0.2, 0.25) is 0 Å². The fourth-order valence-electron chi connectivity index (χ4n) is 1.51. The Morgan fingerprint density at radius 1 is 1.25 bits per heavy atom. The van der Waals surface area contributed by atoms with Crippen LogP contribution in [0.2, 0.25) is 0 Å². The summed E-state index contributed by atoms with van der Waals surface area (Å²) in [6, 6.07) is 11.6. The van der Waals surface area contributed by atoms with Crippen molar-refractivity contribution in [3.05, 3.63) is 42.2 Å². The lowest BCUT2D eigenvalue weighted by atomic mass is 10.2. The molecule has 0 N–H and O–H groups in total. The summed E-state index contributed by atoms with van der Waals surface area (Å²) in [6.45, 7) is 2.11. The number of benzene rings is 1. The van der Waals surface area contributed by atoms with Crippen molar-refractivity contribution in [3.63, 3.8) is 0 Å². The Kier molecular flexibility index (Phi) is 3.47. The molecule has 1 aromatic carbocycles. The fraction of sp³-hybridized carbons (Fsp3) is 0.154. The van der Waals surface area contributed by atoms with E-state index < -0.39 is 0 Å². The lowest BCUT2D eigenvalue weighted by molar-refractivity contribution is 0.110. The van der Waals surface area contributed by atoms with E-state index >= 15 is 0 Å². The van der Waals surface area contributed by atoms with Crippen molar-refractivity contribution in [3.8, 4) is 11.3 Å². The van der Waals surface area contributed by atoms with Crippen molar-refractivity contribution in [2.45, 2.75) is 11.8 Å². The van der Waals surface area contributed by atoms with Gasteiger partial charge in [0.1, 0.15) is 5.76 Å². The predicted molar refractivity (Wildman–Crippen MR) is 65.9 cm³/mol. The van der Waals surface area contributed by atoms with E-state index in [1.807, 2.05) is 24.3 Å². The molecule has 0 spiro atoms. The number of carbonyl (C=O) groups excluding carboxylic acids is 1. The van der Waals surface area contributed by atoms with E-state index in [0.29, 0.717) is 5.76 Å². The van der Waals surface area contributed by atoms with Gasteiger partial charge < -0.3 is 4.42 Å². The molecule has 1 aromatic heterocycles. The van der Waals surface area contributed by atoms with Crippen LogP contribution in [-0.4, -0.2) is 12.0 Å². The quantitative estimate of drug-likeness (QED) is 0.592. The summed E-state index contributed by atoms with van der Waals surface area (Å²) in [5.41, 5.74) is 1.04. The van der Waals surface area contributed by atoms with Gasteiger partial charge in [-0.15, -0.1) is 11.8 Å². The molecule has 0 aliphatic rings. The van der Waals surface area contributed by atoms with Gasteiger partial charge in [0, 0.05) is 10.5 Å². The second-order valence-electron chi connectivity index (χ2n) is 3.25. The van der Waals surface area contributed by atoms with Gasteiger partial charge in [-0.25, -0.2) is 0 Å². The molecule has 0 bridgehead atoms. The maximum Gasteiger partial charge on any atom is 0.185 e. The number of thioether (sulfide) groups is 1. The maximum absolute atomic E-state index is 10.6. The highest BCUT2D eigenvalue weighted by molar-refractivity contribution is 7.99. The minimum atomic E-state index is 0.367. The molecule has 82 valence electrons. The molecule has 0 saturated heterocycles. The van der Waals surface area contributed by atoms with Gasteiger partial charge in [0.25, 0.3) is 0 Å². The van der Waals surface area contributed by atoms with Crippen LogP contribution < -0.4 is 0 Å². The van der Waals surface area contributed by atoms with E-state index in [9.17, 15) is 4.79 Å². The molecule has 0 aliphatic heterocycles. The standard InChI is InChI=1S/C13H12O2S/c1-2-16-13-6-4-3-5-11(13)12-8-7-10(9-14)15-12/h3-9H,2H2,1H3. The van der Waals surface area contributed by atoms with Crippen molar-refractivity contribution in [1.29, 1.82) is 0 Å². The topological polar surface area (TPSA) is 30.2 Å². The first-order chi connectivity index (χ1) is 7.85. The van der Waals surface area contributed by atoms with Crippen LogP contribution in [0.4, 0.5) is 0 Å². The zero-order valence-electron chi connectivity index (χ0n) is 8.97.